The summed E-state index contributed by atoms with van der Waals surface area (Å²) in [6.45, 7) is 0. The maximum absolute atomic E-state index is 6.82. The molecular weight excluding hydrogens is 502 g/mol. The summed E-state index contributed by atoms with van der Waals surface area (Å²) in [6.07, 6.45) is 0. The van der Waals surface area contributed by atoms with Crippen LogP contribution in [-0.4, -0.2) is 4.57 Å². The van der Waals surface area contributed by atoms with Crippen molar-refractivity contribution in [1.82, 2.24) is 4.57 Å². The molecular formula is C38H23NO2. The monoisotopic (exact) mass is 525 g/mol. The van der Waals surface area contributed by atoms with Crippen molar-refractivity contribution >= 4 is 54.9 Å². The molecule has 0 radical (unpaired) electrons. The molecule has 3 nitrogen and oxygen atoms in total. The highest BCUT2D eigenvalue weighted by molar-refractivity contribution is 6.19. The van der Waals surface area contributed by atoms with Crippen LogP contribution in [0.2, 0.25) is 0 Å². The van der Waals surface area contributed by atoms with Crippen molar-refractivity contribution in [2.75, 3.05) is 0 Å². The molecule has 3 heteroatoms. The molecule has 0 saturated heterocycles. The largest absolute Gasteiger partial charge is 0.456 e. The first-order valence-corrected chi connectivity index (χ1v) is 13.9. The third-order valence-corrected chi connectivity index (χ3v) is 8.22. The summed E-state index contributed by atoms with van der Waals surface area (Å²) in [5.41, 5.74) is 11.5. The van der Waals surface area contributed by atoms with E-state index in [1.807, 2.05) is 12.1 Å². The van der Waals surface area contributed by atoms with Crippen LogP contribution in [0.25, 0.3) is 82.9 Å². The lowest BCUT2D eigenvalue weighted by atomic mass is 9.93. The molecule has 0 aliphatic rings. The van der Waals surface area contributed by atoms with E-state index >= 15 is 0 Å². The van der Waals surface area contributed by atoms with E-state index in [4.69, 9.17) is 8.83 Å². The van der Waals surface area contributed by atoms with Gasteiger partial charge in [-0.25, -0.2) is 0 Å². The molecule has 0 bridgehead atoms. The first kappa shape index (κ1) is 22.3. The minimum absolute atomic E-state index is 0.898. The summed E-state index contributed by atoms with van der Waals surface area (Å²) in [5.74, 6) is 0. The van der Waals surface area contributed by atoms with Gasteiger partial charge in [0.15, 0.2) is 5.58 Å². The second-order valence-electron chi connectivity index (χ2n) is 10.5. The topological polar surface area (TPSA) is 31.2 Å². The second-order valence-corrected chi connectivity index (χ2v) is 10.5. The van der Waals surface area contributed by atoms with Crippen LogP contribution < -0.4 is 0 Å². The Morgan fingerprint density at radius 2 is 1.10 bits per heavy atom. The van der Waals surface area contributed by atoms with Crippen LogP contribution in [0.3, 0.4) is 0 Å². The van der Waals surface area contributed by atoms with Gasteiger partial charge in [-0.15, -0.1) is 0 Å². The van der Waals surface area contributed by atoms with Gasteiger partial charge in [0.2, 0.25) is 0 Å². The molecule has 41 heavy (non-hydrogen) atoms. The van der Waals surface area contributed by atoms with Crippen LogP contribution in [0, 0.1) is 0 Å². The van der Waals surface area contributed by atoms with Gasteiger partial charge in [-0.2, -0.15) is 0 Å². The van der Waals surface area contributed by atoms with E-state index in [1.165, 1.54) is 0 Å². The molecule has 0 fully saturated rings. The van der Waals surface area contributed by atoms with Gasteiger partial charge in [0.05, 0.1) is 5.52 Å². The number of hydrogen-bond acceptors (Lipinski definition) is 2. The highest BCUT2D eigenvalue weighted by Crippen LogP contribution is 2.44. The zero-order chi connectivity index (χ0) is 26.9. The van der Waals surface area contributed by atoms with Gasteiger partial charge in [0.25, 0.3) is 0 Å². The second kappa shape index (κ2) is 8.48. The van der Waals surface area contributed by atoms with Gasteiger partial charge < -0.3 is 13.4 Å². The number of fused-ring (bicyclic) bond motifs is 8. The predicted molar refractivity (Wildman–Crippen MR) is 169 cm³/mol. The highest BCUT2D eigenvalue weighted by atomic mass is 16.3. The number of benzene rings is 6. The molecule has 0 N–H and O–H groups in total. The standard InChI is InChI=1S/C38H23NO2/c1-2-11-25(12-3-1)39-33-19-8-6-16-30(33)38-36(39)31-18-10-17-29(37(31)41-38)27-14-5-4-13-26(27)24-21-22-35-32(23-24)28-15-7-9-20-34(28)40-35/h1-23H. The van der Waals surface area contributed by atoms with Gasteiger partial charge in [-0.3, -0.25) is 0 Å². The fourth-order valence-electron chi connectivity index (χ4n) is 6.41. The number of aromatic nitrogens is 1. The van der Waals surface area contributed by atoms with E-state index in [2.05, 4.69) is 132 Å². The Morgan fingerprint density at radius 1 is 0.415 bits per heavy atom. The molecule has 3 heterocycles. The van der Waals surface area contributed by atoms with E-state index in [0.29, 0.717) is 0 Å². The van der Waals surface area contributed by atoms with Crippen molar-refractivity contribution in [3.8, 4) is 27.9 Å². The molecule has 0 spiro atoms. The first-order valence-electron chi connectivity index (χ1n) is 13.9. The number of nitrogens with zero attached hydrogens (tertiary/aromatic N) is 1. The minimum atomic E-state index is 0.898. The average Bonchev–Trinajstić information content (AvgIpc) is 3.70. The molecule has 0 aliphatic carbocycles. The van der Waals surface area contributed by atoms with Crippen LogP contribution in [0.15, 0.2) is 148 Å². The first-order chi connectivity index (χ1) is 20.3. The molecule has 6 aromatic carbocycles. The third kappa shape index (κ3) is 3.20. The van der Waals surface area contributed by atoms with Gasteiger partial charge in [-0.05, 0) is 65.2 Å². The van der Waals surface area contributed by atoms with Crippen LogP contribution >= 0.6 is 0 Å². The fraction of sp³-hybridized carbons (Fsp3) is 0. The number of para-hydroxylation sites is 4. The minimum Gasteiger partial charge on any atom is -0.456 e. The smallest absolute Gasteiger partial charge is 0.161 e. The number of furan rings is 2. The Kier molecular flexibility index (Phi) is 4.61. The lowest BCUT2D eigenvalue weighted by molar-refractivity contribution is 0.669. The van der Waals surface area contributed by atoms with Crippen LogP contribution in [0.1, 0.15) is 0 Å². The van der Waals surface area contributed by atoms with E-state index in [-0.39, 0.29) is 0 Å². The summed E-state index contributed by atoms with van der Waals surface area (Å²) in [6, 6.07) is 48.8. The Balaban J connectivity index is 1.32. The lowest BCUT2D eigenvalue weighted by Crippen LogP contribution is -1.93. The van der Waals surface area contributed by atoms with E-state index in [9.17, 15) is 0 Å². The van der Waals surface area contributed by atoms with E-state index < -0.39 is 0 Å². The lowest BCUT2D eigenvalue weighted by Gasteiger charge is -2.11. The van der Waals surface area contributed by atoms with Crippen LogP contribution in [0.5, 0.6) is 0 Å². The Hall–Kier alpha value is -5.54. The van der Waals surface area contributed by atoms with Crippen molar-refractivity contribution in [3.63, 3.8) is 0 Å². The Bertz CT molecular complexity index is 2420. The molecule has 192 valence electrons. The number of rotatable bonds is 3. The summed E-state index contributed by atoms with van der Waals surface area (Å²) in [5, 5.41) is 4.46. The molecule has 0 aliphatic heterocycles. The zero-order valence-electron chi connectivity index (χ0n) is 22.0. The molecule has 0 unspecified atom stereocenters. The van der Waals surface area contributed by atoms with E-state index in [1.54, 1.807) is 0 Å². The van der Waals surface area contributed by atoms with Crippen molar-refractivity contribution in [3.05, 3.63) is 140 Å². The Labute approximate surface area is 235 Å². The molecule has 3 aromatic heterocycles. The van der Waals surface area contributed by atoms with Crippen LogP contribution in [0.4, 0.5) is 0 Å². The van der Waals surface area contributed by atoms with Gasteiger partial charge in [0, 0.05) is 32.8 Å². The normalized spacial score (nSPS) is 11.9. The SMILES string of the molecule is c1ccc(-n2c3ccccc3c3oc4c(-c5ccccc5-c5ccc6oc7ccccc7c6c5)cccc4c32)cc1. The quantitative estimate of drug-likeness (QED) is 0.230. The van der Waals surface area contributed by atoms with Crippen molar-refractivity contribution in [2.45, 2.75) is 0 Å². The summed E-state index contributed by atoms with van der Waals surface area (Å²) in [4.78, 5) is 0. The summed E-state index contributed by atoms with van der Waals surface area (Å²) >= 11 is 0. The average molecular weight is 526 g/mol. The van der Waals surface area contributed by atoms with Gasteiger partial charge in [0.1, 0.15) is 22.3 Å². The van der Waals surface area contributed by atoms with Gasteiger partial charge in [-0.1, -0.05) is 91.0 Å². The summed E-state index contributed by atoms with van der Waals surface area (Å²) in [7, 11) is 0. The molecule has 9 rings (SSSR count). The number of hydrogen-bond donors (Lipinski definition) is 0. The molecule has 0 saturated carbocycles. The predicted octanol–water partition coefficient (Wildman–Crippen LogP) is 10.8. The zero-order valence-corrected chi connectivity index (χ0v) is 22.0. The van der Waals surface area contributed by atoms with E-state index in [0.717, 1.165) is 82.9 Å². The summed E-state index contributed by atoms with van der Waals surface area (Å²) < 4.78 is 15.3. The molecule has 0 atom stereocenters. The maximum Gasteiger partial charge on any atom is 0.161 e. The fourth-order valence-corrected chi connectivity index (χ4v) is 6.41. The van der Waals surface area contributed by atoms with Crippen molar-refractivity contribution in [2.24, 2.45) is 0 Å². The van der Waals surface area contributed by atoms with Gasteiger partial charge >= 0.3 is 0 Å². The Morgan fingerprint density at radius 3 is 2.00 bits per heavy atom. The molecule has 9 aromatic rings. The van der Waals surface area contributed by atoms with Crippen molar-refractivity contribution < 1.29 is 8.83 Å². The highest BCUT2D eigenvalue weighted by Gasteiger charge is 2.22. The van der Waals surface area contributed by atoms with Crippen molar-refractivity contribution in [1.29, 1.82) is 0 Å². The van der Waals surface area contributed by atoms with Crippen LogP contribution in [-0.2, 0) is 0 Å². The maximum atomic E-state index is 6.82. The third-order valence-electron chi connectivity index (χ3n) is 8.22. The molecule has 0 amide bonds.